The Kier molecular flexibility index (Phi) is 3.83. The molecule has 5 atom stereocenters. The molecule has 0 aliphatic carbocycles. The molecular formula is C17H24FNO. The third-order valence-electron chi connectivity index (χ3n) is 5.36. The van der Waals surface area contributed by atoms with Gasteiger partial charge in [0.15, 0.2) is 0 Å². The Hall–Kier alpha value is -0.930. The fraction of sp³-hybridized carbons (Fsp3) is 0.647. The number of hydrogen-bond donors (Lipinski definition) is 1. The Morgan fingerprint density at radius 1 is 1.25 bits per heavy atom. The third-order valence-corrected chi connectivity index (χ3v) is 5.36. The first-order valence-corrected chi connectivity index (χ1v) is 7.77. The Bertz CT molecular complexity index is 461. The Balaban J connectivity index is 1.91. The van der Waals surface area contributed by atoms with Gasteiger partial charge in [0.1, 0.15) is 5.82 Å². The quantitative estimate of drug-likeness (QED) is 0.917. The van der Waals surface area contributed by atoms with Crippen LogP contribution in [0.15, 0.2) is 24.3 Å². The predicted octanol–water partition coefficient (Wildman–Crippen LogP) is 3.16. The van der Waals surface area contributed by atoms with Gasteiger partial charge in [-0.3, -0.25) is 4.90 Å². The average Bonchev–Trinajstić information content (AvgIpc) is 2.61. The van der Waals surface area contributed by atoms with Crippen LogP contribution in [0.2, 0.25) is 0 Å². The highest BCUT2D eigenvalue weighted by Crippen LogP contribution is 2.47. The van der Waals surface area contributed by atoms with Crippen LogP contribution in [0, 0.1) is 11.7 Å². The lowest BCUT2D eigenvalue weighted by Gasteiger charge is -2.43. The Labute approximate surface area is 120 Å². The zero-order chi connectivity index (χ0) is 14.3. The molecule has 2 unspecified atom stereocenters. The van der Waals surface area contributed by atoms with Crippen molar-refractivity contribution in [2.75, 3.05) is 7.05 Å². The van der Waals surface area contributed by atoms with E-state index in [9.17, 15) is 9.50 Å². The van der Waals surface area contributed by atoms with E-state index in [1.807, 2.05) is 12.1 Å². The third kappa shape index (κ3) is 2.27. The lowest BCUT2D eigenvalue weighted by atomic mass is 9.74. The fourth-order valence-electron chi connectivity index (χ4n) is 4.45. The summed E-state index contributed by atoms with van der Waals surface area (Å²) in [5.74, 6) is 0.764. The van der Waals surface area contributed by atoms with Crippen LogP contribution in [-0.4, -0.2) is 35.2 Å². The summed E-state index contributed by atoms with van der Waals surface area (Å²) in [6.07, 6.45) is 4.02. The van der Waals surface area contributed by atoms with E-state index in [1.165, 1.54) is 5.56 Å². The predicted molar refractivity (Wildman–Crippen MR) is 78.1 cm³/mol. The molecule has 2 bridgehead atoms. The lowest BCUT2D eigenvalue weighted by molar-refractivity contribution is 0.0424. The van der Waals surface area contributed by atoms with Crippen molar-refractivity contribution in [2.24, 2.45) is 5.92 Å². The van der Waals surface area contributed by atoms with Gasteiger partial charge >= 0.3 is 0 Å². The van der Waals surface area contributed by atoms with E-state index in [-0.39, 0.29) is 18.0 Å². The number of nitrogens with zero attached hydrogens (tertiary/aromatic N) is 1. The topological polar surface area (TPSA) is 23.5 Å². The molecular weight excluding hydrogens is 253 g/mol. The van der Waals surface area contributed by atoms with Crippen LogP contribution in [0.25, 0.3) is 0 Å². The summed E-state index contributed by atoms with van der Waals surface area (Å²) in [7, 11) is 2.15. The minimum atomic E-state index is -0.202. The van der Waals surface area contributed by atoms with Gasteiger partial charge in [-0.2, -0.15) is 0 Å². The summed E-state index contributed by atoms with van der Waals surface area (Å²) in [5.41, 5.74) is 1.24. The zero-order valence-corrected chi connectivity index (χ0v) is 12.3. The maximum Gasteiger partial charge on any atom is 0.123 e. The largest absolute Gasteiger partial charge is 0.391 e. The van der Waals surface area contributed by atoms with E-state index in [0.29, 0.717) is 17.9 Å². The highest BCUT2D eigenvalue weighted by Gasteiger charge is 2.49. The molecule has 2 heterocycles. The first-order valence-electron chi connectivity index (χ1n) is 7.77. The molecule has 1 aromatic carbocycles. The number of likely N-dealkylation sites (N-methyl/N-ethyl adjacent to an activating group) is 1. The molecule has 2 nitrogen and oxygen atoms in total. The van der Waals surface area contributed by atoms with Crippen LogP contribution in [-0.2, 0) is 0 Å². The molecule has 0 aromatic heterocycles. The molecule has 2 fully saturated rings. The smallest absolute Gasteiger partial charge is 0.123 e. The summed E-state index contributed by atoms with van der Waals surface area (Å²) < 4.78 is 13.1. The number of piperidine rings is 1. The molecule has 3 rings (SSSR count). The van der Waals surface area contributed by atoms with E-state index in [2.05, 4.69) is 18.9 Å². The fourth-order valence-corrected chi connectivity index (χ4v) is 4.45. The zero-order valence-electron chi connectivity index (χ0n) is 12.3. The minimum absolute atomic E-state index is 0.170. The van der Waals surface area contributed by atoms with Crippen molar-refractivity contribution in [1.82, 2.24) is 4.90 Å². The lowest BCUT2D eigenvalue weighted by Crippen LogP contribution is -2.48. The number of fused-ring (bicyclic) bond motifs is 2. The van der Waals surface area contributed by atoms with Crippen molar-refractivity contribution in [3.05, 3.63) is 35.6 Å². The van der Waals surface area contributed by atoms with Crippen molar-refractivity contribution < 1.29 is 9.50 Å². The van der Waals surface area contributed by atoms with Gasteiger partial charge in [0.2, 0.25) is 0 Å². The standard InChI is InChI=1S/C17H24FNO/c1-3-4-14-15(11-5-7-12(18)8-6-11)9-13-10-16(20)17(14)19(13)2/h5-8,13-17,20H,3-4,9-10H2,1-2H3/t13?,14-,15+,16?,17+/m0/s1. The van der Waals surface area contributed by atoms with Crippen LogP contribution in [0.3, 0.4) is 0 Å². The maximum absolute atomic E-state index is 13.1. The molecule has 2 aliphatic heterocycles. The van der Waals surface area contributed by atoms with Gasteiger partial charge in [0, 0.05) is 12.1 Å². The van der Waals surface area contributed by atoms with Crippen LogP contribution >= 0.6 is 0 Å². The number of halogens is 1. The molecule has 20 heavy (non-hydrogen) atoms. The summed E-state index contributed by atoms with van der Waals surface area (Å²) >= 11 is 0. The molecule has 0 spiro atoms. The van der Waals surface area contributed by atoms with Crippen molar-refractivity contribution in [1.29, 1.82) is 0 Å². The van der Waals surface area contributed by atoms with E-state index in [0.717, 1.165) is 25.7 Å². The summed E-state index contributed by atoms with van der Waals surface area (Å²) in [5, 5.41) is 10.4. The molecule has 0 radical (unpaired) electrons. The summed E-state index contributed by atoms with van der Waals surface area (Å²) in [6.45, 7) is 2.20. The van der Waals surface area contributed by atoms with Crippen LogP contribution in [0.4, 0.5) is 4.39 Å². The van der Waals surface area contributed by atoms with E-state index < -0.39 is 0 Å². The first kappa shape index (κ1) is 14.0. The van der Waals surface area contributed by atoms with Gasteiger partial charge in [0.25, 0.3) is 0 Å². The van der Waals surface area contributed by atoms with Gasteiger partial charge < -0.3 is 5.11 Å². The monoisotopic (exact) mass is 277 g/mol. The van der Waals surface area contributed by atoms with Crippen molar-refractivity contribution in [2.45, 2.75) is 56.7 Å². The first-order chi connectivity index (χ1) is 9.61. The van der Waals surface area contributed by atoms with Crippen molar-refractivity contribution >= 4 is 0 Å². The van der Waals surface area contributed by atoms with Gasteiger partial charge in [0.05, 0.1) is 6.10 Å². The average molecular weight is 277 g/mol. The van der Waals surface area contributed by atoms with Crippen LogP contribution in [0.5, 0.6) is 0 Å². The summed E-state index contributed by atoms with van der Waals surface area (Å²) in [6, 6.07) is 7.73. The van der Waals surface area contributed by atoms with Crippen molar-refractivity contribution in [3.63, 3.8) is 0 Å². The second-order valence-corrected chi connectivity index (χ2v) is 6.46. The molecule has 2 saturated heterocycles. The van der Waals surface area contributed by atoms with Gasteiger partial charge in [-0.15, -0.1) is 0 Å². The Morgan fingerprint density at radius 3 is 2.60 bits per heavy atom. The highest BCUT2D eigenvalue weighted by atomic mass is 19.1. The number of hydrogen-bond acceptors (Lipinski definition) is 2. The molecule has 0 amide bonds. The van der Waals surface area contributed by atoms with Gasteiger partial charge in [-0.25, -0.2) is 4.39 Å². The highest BCUT2D eigenvalue weighted by molar-refractivity contribution is 5.24. The van der Waals surface area contributed by atoms with E-state index >= 15 is 0 Å². The molecule has 2 aliphatic rings. The second kappa shape index (κ2) is 5.45. The number of aliphatic hydroxyl groups is 1. The summed E-state index contributed by atoms with van der Waals surface area (Å²) in [4.78, 5) is 2.38. The Morgan fingerprint density at radius 2 is 1.95 bits per heavy atom. The normalized spacial score (nSPS) is 37.3. The SMILES string of the molecule is CCC[C@H]1[C@@H](c2ccc(F)cc2)CC2CC(O)[C@@H]1N2C. The number of aliphatic hydroxyl groups excluding tert-OH is 1. The molecule has 3 heteroatoms. The van der Waals surface area contributed by atoms with Crippen LogP contribution in [0.1, 0.15) is 44.1 Å². The molecule has 110 valence electrons. The molecule has 1 N–H and O–H groups in total. The van der Waals surface area contributed by atoms with E-state index in [1.54, 1.807) is 12.1 Å². The number of rotatable bonds is 3. The van der Waals surface area contributed by atoms with E-state index in [4.69, 9.17) is 0 Å². The van der Waals surface area contributed by atoms with Crippen molar-refractivity contribution in [3.8, 4) is 0 Å². The number of benzene rings is 1. The maximum atomic E-state index is 13.1. The second-order valence-electron chi connectivity index (χ2n) is 6.46. The minimum Gasteiger partial charge on any atom is -0.391 e. The molecule has 1 aromatic rings. The van der Waals surface area contributed by atoms with Crippen LogP contribution < -0.4 is 0 Å². The van der Waals surface area contributed by atoms with Gasteiger partial charge in [-0.1, -0.05) is 25.5 Å². The molecule has 0 saturated carbocycles. The van der Waals surface area contributed by atoms with Gasteiger partial charge in [-0.05, 0) is 55.8 Å².